The van der Waals surface area contributed by atoms with Crippen LogP contribution in [-0.4, -0.2) is 37.6 Å². The molecule has 2 atom stereocenters. The van der Waals surface area contributed by atoms with Gasteiger partial charge in [-0.2, -0.15) is 0 Å². The fourth-order valence-electron chi connectivity index (χ4n) is 3.11. The number of rotatable bonds is 3. The molecule has 0 aromatic heterocycles. The second kappa shape index (κ2) is 5.13. The second-order valence-electron chi connectivity index (χ2n) is 4.95. The summed E-state index contributed by atoms with van der Waals surface area (Å²) >= 11 is 0. The smallest absolute Gasteiger partial charge is 0.0104 e. The Morgan fingerprint density at radius 1 is 1.07 bits per heavy atom. The van der Waals surface area contributed by atoms with E-state index in [4.69, 9.17) is 0 Å². The van der Waals surface area contributed by atoms with E-state index in [-0.39, 0.29) is 0 Å². The highest BCUT2D eigenvalue weighted by atomic mass is 15.1. The van der Waals surface area contributed by atoms with Crippen LogP contribution in [0.15, 0.2) is 0 Å². The molecule has 0 aromatic carbocycles. The lowest BCUT2D eigenvalue weighted by Gasteiger charge is -2.31. The molecule has 1 heterocycles. The summed E-state index contributed by atoms with van der Waals surface area (Å²) in [5.41, 5.74) is 0. The molecule has 0 aromatic rings. The second-order valence-corrected chi connectivity index (χ2v) is 4.95. The molecule has 2 fully saturated rings. The predicted octanol–water partition coefficient (Wildman–Crippen LogP) is 1.86. The average molecular weight is 196 g/mol. The van der Waals surface area contributed by atoms with Gasteiger partial charge < -0.3 is 10.2 Å². The van der Waals surface area contributed by atoms with Crippen molar-refractivity contribution in [2.24, 2.45) is 5.92 Å². The molecule has 0 bridgehead atoms. The Morgan fingerprint density at radius 3 is 2.57 bits per heavy atom. The highest BCUT2D eigenvalue weighted by molar-refractivity contribution is 4.84. The number of likely N-dealkylation sites (tertiary alicyclic amines) is 1. The van der Waals surface area contributed by atoms with E-state index in [0.29, 0.717) is 0 Å². The Balaban J connectivity index is 1.77. The van der Waals surface area contributed by atoms with Crippen molar-refractivity contribution in [3.63, 3.8) is 0 Å². The van der Waals surface area contributed by atoms with Crippen molar-refractivity contribution >= 4 is 0 Å². The van der Waals surface area contributed by atoms with Crippen molar-refractivity contribution in [3.05, 3.63) is 0 Å². The first-order valence-corrected chi connectivity index (χ1v) is 6.30. The molecule has 1 N–H and O–H groups in total. The first-order valence-electron chi connectivity index (χ1n) is 6.30. The minimum absolute atomic E-state index is 0.803. The van der Waals surface area contributed by atoms with E-state index in [9.17, 15) is 0 Å². The van der Waals surface area contributed by atoms with Crippen LogP contribution in [0.5, 0.6) is 0 Å². The molecule has 1 saturated heterocycles. The number of hydrogen-bond donors (Lipinski definition) is 1. The number of hydrogen-bond acceptors (Lipinski definition) is 2. The maximum absolute atomic E-state index is 3.48. The van der Waals surface area contributed by atoms with Crippen LogP contribution in [-0.2, 0) is 0 Å². The van der Waals surface area contributed by atoms with Gasteiger partial charge >= 0.3 is 0 Å². The molecule has 2 rings (SSSR count). The molecule has 0 radical (unpaired) electrons. The van der Waals surface area contributed by atoms with Crippen molar-refractivity contribution in [3.8, 4) is 0 Å². The first-order chi connectivity index (χ1) is 6.90. The van der Waals surface area contributed by atoms with Gasteiger partial charge in [-0.05, 0) is 51.7 Å². The molecule has 1 aliphatic heterocycles. The van der Waals surface area contributed by atoms with Crippen molar-refractivity contribution in [2.45, 2.75) is 44.6 Å². The monoisotopic (exact) mass is 196 g/mol. The minimum atomic E-state index is 0.803. The molecule has 1 aliphatic carbocycles. The molecule has 1 saturated carbocycles. The third-order valence-electron chi connectivity index (χ3n) is 3.97. The van der Waals surface area contributed by atoms with E-state index in [0.717, 1.165) is 12.0 Å². The van der Waals surface area contributed by atoms with Crippen LogP contribution in [0, 0.1) is 5.92 Å². The molecule has 82 valence electrons. The Bertz CT molecular complexity index is 164. The Hall–Kier alpha value is -0.0800. The highest BCUT2D eigenvalue weighted by Gasteiger charge is 2.27. The SMILES string of the molecule is CNC1CCCC1CN1CCCCC1. The van der Waals surface area contributed by atoms with E-state index < -0.39 is 0 Å². The van der Waals surface area contributed by atoms with E-state index in [2.05, 4.69) is 17.3 Å². The van der Waals surface area contributed by atoms with Crippen molar-refractivity contribution in [1.29, 1.82) is 0 Å². The molecular formula is C12H24N2. The molecule has 2 nitrogen and oxygen atoms in total. The van der Waals surface area contributed by atoms with Gasteiger partial charge in [0.2, 0.25) is 0 Å². The van der Waals surface area contributed by atoms with Gasteiger partial charge in [0.15, 0.2) is 0 Å². The average Bonchev–Trinajstić information content (AvgIpc) is 2.67. The van der Waals surface area contributed by atoms with Gasteiger partial charge in [-0.1, -0.05) is 12.8 Å². The van der Waals surface area contributed by atoms with E-state index in [1.165, 1.54) is 58.2 Å². The lowest BCUT2D eigenvalue weighted by Crippen LogP contribution is -2.40. The largest absolute Gasteiger partial charge is 0.317 e. The molecule has 0 spiro atoms. The quantitative estimate of drug-likeness (QED) is 0.741. The van der Waals surface area contributed by atoms with Gasteiger partial charge in [-0.15, -0.1) is 0 Å². The lowest BCUT2D eigenvalue weighted by atomic mass is 10.0. The van der Waals surface area contributed by atoms with Gasteiger partial charge in [0.05, 0.1) is 0 Å². The summed E-state index contributed by atoms with van der Waals surface area (Å²) in [5, 5.41) is 3.48. The van der Waals surface area contributed by atoms with E-state index in [1.807, 2.05) is 0 Å². The summed E-state index contributed by atoms with van der Waals surface area (Å²) in [5.74, 6) is 0.929. The standard InChI is InChI=1S/C12H24N2/c1-13-12-7-5-6-11(12)10-14-8-3-2-4-9-14/h11-13H,2-10H2,1H3. The maximum Gasteiger partial charge on any atom is 0.0104 e. The van der Waals surface area contributed by atoms with Crippen LogP contribution in [0.3, 0.4) is 0 Å². The zero-order valence-electron chi connectivity index (χ0n) is 9.47. The first kappa shape index (κ1) is 10.4. The minimum Gasteiger partial charge on any atom is -0.317 e. The third-order valence-corrected chi connectivity index (χ3v) is 3.97. The topological polar surface area (TPSA) is 15.3 Å². The number of piperidine rings is 1. The van der Waals surface area contributed by atoms with Crippen molar-refractivity contribution in [1.82, 2.24) is 10.2 Å². The van der Waals surface area contributed by atoms with Crippen LogP contribution in [0.2, 0.25) is 0 Å². The van der Waals surface area contributed by atoms with Gasteiger partial charge in [0.1, 0.15) is 0 Å². The molecule has 0 amide bonds. The summed E-state index contributed by atoms with van der Waals surface area (Å²) in [7, 11) is 2.12. The number of nitrogens with one attached hydrogen (secondary N) is 1. The summed E-state index contributed by atoms with van der Waals surface area (Å²) in [6.45, 7) is 4.06. The molecule has 2 aliphatic rings. The van der Waals surface area contributed by atoms with Gasteiger partial charge in [0, 0.05) is 12.6 Å². The van der Waals surface area contributed by atoms with Crippen molar-refractivity contribution in [2.75, 3.05) is 26.7 Å². The zero-order chi connectivity index (χ0) is 9.80. The Labute approximate surface area is 88.1 Å². The molecule has 2 unspecified atom stereocenters. The fraction of sp³-hybridized carbons (Fsp3) is 1.00. The summed E-state index contributed by atoms with van der Waals surface area (Å²) in [6.07, 6.45) is 8.59. The van der Waals surface area contributed by atoms with Crippen LogP contribution in [0.1, 0.15) is 38.5 Å². The third kappa shape index (κ3) is 2.48. The normalized spacial score (nSPS) is 34.9. The predicted molar refractivity (Wildman–Crippen MR) is 60.5 cm³/mol. The Morgan fingerprint density at radius 2 is 1.86 bits per heavy atom. The lowest BCUT2D eigenvalue weighted by molar-refractivity contribution is 0.185. The number of nitrogens with zero attached hydrogens (tertiary/aromatic N) is 1. The van der Waals surface area contributed by atoms with Gasteiger partial charge in [-0.3, -0.25) is 0 Å². The van der Waals surface area contributed by atoms with Crippen LogP contribution in [0.4, 0.5) is 0 Å². The summed E-state index contributed by atoms with van der Waals surface area (Å²) in [6, 6.07) is 0.803. The Kier molecular flexibility index (Phi) is 3.82. The summed E-state index contributed by atoms with van der Waals surface area (Å²) < 4.78 is 0. The van der Waals surface area contributed by atoms with Gasteiger partial charge in [-0.25, -0.2) is 0 Å². The highest BCUT2D eigenvalue weighted by Crippen LogP contribution is 2.27. The molecule has 2 heteroatoms. The van der Waals surface area contributed by atoms with E-state index >= 15 is 0 Å². The maximum atomic E-state index is 3.48. The van der Waals surface area contributed by atoms with E-state index in [1.54, 1.807) is 0 Å². The van der Waals surface area contributed by atoms with Crippen LogP contribution < -0.4 is 5.32 Å². The van der Waals surface area contributed by atoms with Crippen molar-refractivity contribution < 1.29 is 0 Å². The fourth-order valence-corrected chi connectivity index (χ4v) is 3.11. The van der Waals surface area contributed by atoms with Gasteiger partial charge in [0.25, 0.3) is 0 Å². The zero-order valence-corrected chi connectivity index (χ0v) is 9.47. The molecule has 14 heavy (non-hydrogen) atoms. The van der Waals surface area contributed by atoms with Crippen LogP contribution >= 0.6 is 0 Å². The molecular weight excluding hydrogens is 172 g/mol. The van der Waals surface area contributed by atoms with Crippen LogP contribution in [0.25, 0.3) is 0 Å². The summed E-state index contributed by atoms with van der Waals surface area (Å²) in [4.78, 5) is 2.68.